The quantitative estimate of drug-likeness (QED) is 0.184. The van der Waals surface area contributed by atoms with Crippen molar-refractivity contribution in [2.45, 2.75) is 0 Å². The number of benzene rings is 7. The lowest BCUT2D eigenvalue weighted by Gasteiger charge is -2.15. The van der Waals surface area contributed by atoms with Gasteiger partial charge in [0.05, 0.1) is 35.1 Å². The number of rotatable bonds is 4. The van der Waals surface area contributed by atoms with E-state index in [1.807, 2.05) is 60.7 Å². The van der Waals surface area contributed by atoms with Crippen molar-refractivity contribution < 1.29 is 13.7 Å². The van der Waals surface area contributed by atoms with Crippen LogP contribution < -0.4 is 0 Å². The lowest BCUT2D eigenvalue weighted by atomic mass is 10.1. The molecule has 4 heterocycles. The van der Waals surface area contributed by atoms with Gasteiger partial charge in [-0.05, 0) is 36.4 Å². The van der Waals surface area contributed by atoms with E-state index in [0.717, 1.165) is 42.6 Å². The largest absolute Gasteiger partial charge is 0.307 e. The maximum atomic E-state index is 9.44. The third kappa shape index (κ3) is 4.40. The molecular formula is C45H26N4S2. The molecule has 51 heavy (non-hydrogen) atoms. The first-order valence-electron chi connectivity index (χ1n) is 21.1. The lowest BCUT2D eigenvalue weighted by Crippen LogP contribution is -2.03. The van der Waals surface area contributed by atoms with Crippen LogP contribution >= 0.6 is 22.7 Å². The summed E-state index contributed by atoms with van der Waals surface area (Å²) in [4.78, 5) is 15.1. The average Bonchev–Trinajstić information content (AvgIpc) is 3.99. The van der Waals surface area contributed by atoms with Crippen LogP contribution in [0.2, 0.25) is 0 Å². The number of aromatic nitrogens is 4. The van der Waals surface area contributed by atoms with Crippen molar-refractivity contribution in [3.63, 3.8) is 0 Å². The monoisotopic (exact) mass is 696 g/mol. The number of nitrogens with zero attached hydrogens (tertiary/aromatic N) is 4. The zero-order valence-electron chi connectivity index (χ0n) is 36.3. The Hall–Kier alpha value is -6.21. The zero-order chi connectivity index (χ0) is 42.2. The van der Waals surface area contributed by atoms with Gasteiger partial charge in [-0.25, -0.2) is 15.0 Å². The van der Waals surface area contributed by atoms with Crippen molar-refractivity contribution in [3.8, 4) is 39.9 Å². The maximum Gasteiger partial charge on any atom is 0.166 e. The molecule has 0 aliphatic heterocycles. The van der Waals surface area contributed by atoms with Gasteiger partial charge in [-0.2, -0.15) is 0 Å². The Bertz CT molecular complexity index is 3730. The molecule has 0 amide bonds. The molecule has 0 bridgehead atoms. The van der Waals surface area contributed by atoms with Crippen molar-refractivity contribution in [2.75, 3.05) is 0 Å². The van der Waals surface area contributed by atoms with Gasteiger partial charge in [0.15, 0.2) is 17.5 Å². The van der Waals surface area contributed by atoms with Gasteiger partial charge < -0.3 is 4.57 Å². The number of hydrogen-bond donors (Lipinski definition) is 0. The van der Waals surface area contributed by atoms with E-state index in [2.05, 4.69) is 24.3 Å². The fraction of sp³-hybridized carbons (Fsp3) is 0. The Balaban J connectivity index is 1.27. The highest BCUT2D eigenvalue weighted by Gasteiger charge is 2.22. The number of fused-ring (bicyclic) bond motifs is 10. The van der Waals surface area contributed by atoms with Gasteiger partial charge in [-0.15, -0.1) is 22.7 Å². The minimum atomic E-state index is -0.503. The van der Waals surface area contributed by atoms with Gasteiger partial charge in [0.1, 0.15) is 0 Å². The van der Waals surface area contributed by atoms with Crippen molar-refractivity contribution in [3.05, 3.63) is 157 Å². The van der Waals surface area contributed by atoms with Crippen molar-refractivity contribution in [1.82, 2.24) is 19.5 Å². The molecule has 0 saturated heterocycles. The van der Waals surface area contributed by atoms with Crippen LogP contribution in [0.15, 0.2) is 157 Å². The Labute approximate surface area is 314 Å². The van der Waals surface area contributed by atoms with Gasteiger partial charge in [0, 0.05) is 63.1 Å². The number of hydrogen-bond acceptors (Lipinski definition) is 5. The SMILES string of the molecule is [2H]c1c([2H])c([2H])c2c(sc3c2c([2H])c([2H])c2c4c([2H])c([2H])c([2H])c([2H])c4n(-c4ccccc4-c4nc(-c5ccccc5)nc(-c5ccc6c(c5)sc5ccccc56)n4)c32)c1[2H]. The molecule has 4 nitrogen and oxygen atoms in total. The Morgan fingerprint density at radius 2 is 1.18 bits per heavy atom. The molecule has 7 aromatic carbocycles. The summed E-state index contributed by atoms with van der Waals surface area (Å²) in [6.07, 6.45) is 0. The highest BCUT2D eigenvalue weighted by molar-refractivity contribution is 7.26. The van der Waals surface area contributed by atoms with Gasteiger partial charge in [0.2, 0.25) is 0 Å². The average molecular weight is 697 g/mol. The maximum absolute atomic E-state index is 9.44. The normalized spacial score (nSPS) is 14.7. The Morgan fingerprint density at radius 1 is 0.471 bits per heavy atom. The van der Waals surface area contributed by atoms with E-state index in [4.69, 9.17) is 24.5 Å². The first-order valence-corrected chi connectivity index (χ1v) is 17.8. The van der Waals surface area contributed by atoms with Crippen molar-refractivity contribution in [2.24, 2.45) is 0 Å². The summed E-state index contributed by atoms with van der Waals surface area (Å²) in [5.74, 6) is 1.07. The molecule has 0 aliphatic carbocycles. The van der Waals surface area contributed by atoms with E-state index < -0.39 is 24.2 Å². The first kappa shape index (κ1) is 20.5. The second kappa shape index (κ2) is 11.2. The number of thiophene rings is 2. The Morgan fingerprint density at radius 3 is 2.10 bits per heavy atom. The highest BCUT2D eigenvalue weighted by Crippen LogP contribution is 2.44. The summed E-state index contributed by atoms with van der Waals surface area (Å²) < 4.78 is 93.7. The van der Waals surface area contributed by atoms with Gasteiger partial charge >= 0.3 is 0 Å². The summed E-state index contributed by atoms with van der Waals surface area (Å²) in [6, 6.07) is 27.1. The highest BCUT2D eigenvalue weighted by atomic mass is 32.1. The van der Waals surface area contributed by atoms with Crippen LogP contribution in [-0.2, 0) is 0 Å². The molecule has 0 atom stereocenters. The summed E-state index contributed by atoms with van der Waals surface area (Å²) in [5.41, 5.74) is 2.69. The van der Waals surface area contributed by atoms with E-state index in [9.17, 15) is 4.11 Å². The molecule has 0 radical (unpaired) electrons. The van der Waals surface area contributed by atoms with Crippen LogP contribution in [0.4, 0.5) is 0 Å². The third-order valence-corrected chi connectivity index (χ3v) is 11.4. The van der Waals surface area contributed by atoms with Crippen LogP contribution in [0.3, 0.4) is 0 Å². The van der Waals surface area contributed by atoms with E-state index >= 15 is 0 Å². The smallest absolute Gasteiger partial charge is 0.166 e. The third-order valence-electron chi connectivity index (χ3n) is 9.15. The van der Waals surface area contributed by atoms with E-state index in [1.165, 1.54) is 0 Å². The topological polar surface area (TPSA) is 43.6 Å². The standard InChI is InChI=1S/C45H26N4S2/c1-2-12-27(13-3-1)43-46-44(28-22-23-32-30-15-6-10-20-38(30)50-40(32)26-28)48-45(47-43)35-17-5-9-19-37(35)49-36-18-8-4-14-29(36)33-24-25-34-31-16-7-11-21-39(31)51-42(34)41(33)49/h1-26H/i4D,7D,8D,11D,14D,16D,18D,21D,24D,25D. The zero-order valence-corrected chi connectivity index (χ0v) is 28.0. The van der Waals surface area contributed by atoms with E-state index in [-0.39, 0.29) is 79.4 Å². The van der Waals surface area contributed by atoms with Gasteiger partial charge in [-0.1, -0.05) is 121 Å². The fourth-order valence-electron chi connectivity index (χ4n) is 6.87. The van der Waals surface area contributed by atoms with Crippen LogP contribution in [0.5, 0.6) is 0 Å². The van der Waals surface area contributed by atoms with Gasteiger partial charge in [-0.3, -0.25) is 0 Å². The van der Waals surface area contributed by atoms with Crippen LogP contribution in [-0.4, -0.2) is 19.5 Å². The van der Waals surface area contributed by atoms with Crippen LogP contribution in [0.1, 0.15) is 13.7 Å². The van der Waals surface area contributed by atoms with Crippen molar-refractivity contribution >= 4 is 84.8 Å². The molecule has 0 N–H and O–H groups in total. The van der Waals surface area contributed by atoms with Crippen LogP contribution in [0.25, 0.3) is 102 Å². The molecule has 238 valence electrons. The minimum Gasteiger partial charge on any atom is -0.307 e. The molecule has 4 aromatic heterocycles. The number of para-hydroxylation sites is 2. The predicted octanol–water partition coefficient (Wildman–Crippen LogP) is 12.7. The molecule has 0 fully saturated rings. The molecule has 0 saturated carbocycles. The molecule has 11 rings (SSSR count). The molecule has 0 aliphatic rings. The van der Waals surface area contributed by atoms with Gasteiger partial charge in [0.25, 0.3) is 0 Å². The molecule has 0 spiro atoms. The predicted molar refractivity (Wildman–Crippen MR) is 216 cm³/mol. The Kier molecular flexibility index (Phi) is 4.47. The second-order valence-electron chi connectivity index (χ2n) is 12.0. The lowest BCUT2D eigenvalue weighted by molar-refractivity contribution is 1.07. The second-order valence-corrected chi connectivity index (χ2v) is 14.1. The molecule has 11 aromatic rings. The van der Waals surface area contributed by atoms with E-state index in [1.54, 1.807) is 28.0 Å². The van der Waals surface area contributed by atoms with Crippen LogP contribution in [0, 0.1) is 0 Å². The molecular weight excluding hydrogens is 661 g/mol. The molecule has 6 heteroatoms. The van der Waals surface area contributed by atoms with Crippen molar-refractivity contribution in [1.29, 1.82) is 0 Å². The summed E-state index contributed by atoms with van der Waals surface area (Å²) >= 11 is 2.71. The minimum absolute atomic E-state index is 0.0335. The summed E-state index contributed by atoms with van der Waals surface area (Å²) in [5, 5.41) is 2.63. The fourth-order valence-corrected chi connectivity index (χ4v) is 9.12. The summed E-state index contributed by atoms with van der Waals surface area (Å²) in [6.45, 7) is 0. The summed E-state index contributed by atoms with van der Waals surface area (Å²) in [7, 11) is 0. The van der Waals surface area contributed by atoms with E-state index in [0.29, 0.717) is 27.6 Å². The first-order chi connectivity index (χ1) is 29.4. The molecule has 0 unspecified atom stereocenters.